The maximum Gasteiger partial charge on any atom is 0.262 e. The Balaban J connectivity index is 1.65. The highest BCUT2D eigenvalue weighted by Gasteiger charge is 2.43. The summed E-state index contributed by atoms with van der Waals surface area (Å²) in [6.07, 6.45) is 22.4. The van der Waals surface area contributed by atoms with Crippen molar-refractivity contribution in [1.29, 1.82) is 0 Å². The van der Waals surface area contributed by atoms with Crippen molar-refractivity contribution in [3.05, 3.63) is 43.3 Å². The fraction of sp³-hybridized carbons (Fsp3) is 0.667. The molecule has 50 heavy (non-hydrogen) atoms. The number of carbonyl (C=O) groups is 4. The molecule has 8 heteroatoms. The first-order valence-corrected chi connectivity index (χ1v) is 21.5. The van der Waals surface area contributed by atoms with Gasteiger partial charge in [0, 0.05) is 43.9 Å². The average Bonchev–Trinajstić information content (AvgIpc) is 3.10. The van der Waals surface area contributed by atoms with E-state index in [0.717, 1.165) is 77.0 Å². The van der Waals surface area contributed by atoms with Crippen LogP contribution in [0.2, 0.25) is 0 Å². The van der Waals surface area contributed by atoms with Crippen molar-refractivity contribution in [3.8, 4) is 0 Å². The largest absolute Gasteiger partial charge is 0.274 e. The molecule has 0 saturated heterocycles. The summed E-state index contributed by atoms with van der Waals surface area (Å²) in [6, 6.07) is 3.44. The van der Waals surface area contributed by atoms with Gasteiger partial charge < -0.3 is 0 Å². The normalized spacial score (nSPS) is 14.4. The van der Waals surface area contributed by atoms with Crippen molar-refractivity contribution in [2.75, 3.05) is 13.1 Å². The molecule has 0 aliphatic carbocycles. The minimum absolute atomic E-state index is 0.238. The average molecular weight is 817 g/mol. The van der Waals surface area contributed by atoms with Gasteiger partial charge in [0.2, 0.25) is 0 Å². The Labute approximate surface area is 318 Å². The predicted octanol–water partition coefficient (Wildman–Crippen LogP) is 12.7. The van der Waals surface area contributed by atoms with Crippen LogP contribution >= 0.6 is 31.9 Å². The van der Waals surface area contributed by atoms with Crippen LogP contribution in [-0.4, -0.2) is 46.5 Å². The Morgan fingerprint density at radius 3 is 1.04 bits per heavy atom. The molecule has 2 aromatic rings. The smallest absolute Gasteiger partial charge is 0.262 e. The van der Waals surface area contributed by atoms with Gasteiger partial charge in [0.1, 0.15) is 0 Å². The highest BCUT2D eigenvalue weighted by atomic mass is 79.9. The van der Waals surface area contributed by atoms with E-state index >= 15 is 0 Å². The zero-order chi connectivity index (χ0) is 36.2. The Kier molecular flexibility index (Phi) is 16.5. The second-order valence-electron chi connectivity index (χ2n) is 14.9. The highest BCUT2D eigenvalue weighted by molar-refractivity contribution is 9.10. The summed E-state index contributed by atoms with van der Waals surface area (Å²) in [7, 11) is 0. The number of imide groups is 2. The van der Waals surface area contributed by atoms with Gasteiger partial charge in [-0.15, -0.1) is 0 Å². The molecule has 0 radical (unpaired) electrons. The van der Waals surface area contributed by atoms with E-state index in [1.54, 1.807) is 12.1 Å². The third-order valence-corrected chi connectivity index (χ3v) is 12.2. The minimum Gasteiger partial charge on any atom is -0.274 e. The second-order valence-corrected chi connectivity index (χ2v) is 16.6. The van der Waals surface area contributed by atoms with Crippen LogP contribution in [0.3, 0.4) is 0 Å². The lowest BCUT2D eigenvalue weighted by molar-refractivity contribution is 0.0555. The molecule has 4 amide bonds. The number of benzene rings is 2. The Morgan fingerprint density at radius 2 is 0.760 bits per heavy atom. The van der Waals surface area contributed by atoms with Crippen LogP contribution < -0.4 is 0 Å². The lowest BCUT2D eigenvalue weighted by Gasteiger charge is -2.35. The number of unbranched alkanes of at least 4 members (excludes halogenated alkanes) is 12. The van der Waals surface area contributed by atoms with Crippen molar-refractivity contribution in [1.82, 2.24) is 9.80 Å². The van der Waals surface area contributed by atoms with E-state index in [1.807, 2.05) is 0 Å². The van der Waals surface area contributed by atoms with Crippen molar-refractivity contribution < 1.29 is 19.2 Å². The van der Waals surface area contributed by atoms with E-state index in [9.17, 15) is 19.2 Å². The van der Waals surface area contributed by atoms with E-state index in [0.29, 0.717) is 55.1 Å². The standard InChI is InChI=1S/C42H60Br2N2O4/c1-5-9-13-17-21-29(22-18-14-10-6-2)27-45-39(47)31-25-34(44)38-36-32(26-33(43)37(35(31)36)41(45)49)40(48)46(42(38)50)28-30(23-19-15-11-7-3)24-20-16-12-8-4/h25-26,29-30H,5-24,27-28H2,1-4H3. The molecule has 0 unspecified atom stereocenters. The van der Waals surface area contributed by atoms with Gasteiger partial charge in [-0.25, -0.2) is 0 Å². The van der Waals surface area contributed by atoms with E-state index in [2.05, 4.69) is 59.6 Å². The van der Waals surface area contributed by atoms with Crippen LogP contribution in [0.25, 0.3) is 10.8 Å². The van der Waals surface area contributed by atoms with Crippen molar-refractivity contribution in [2.24, 2.45) is 11.8 Å². The third-order valence-electron chi connectivity index (χ3n) is 10.9. The van der Waals surface area contributed by atoms with Crippen LogP contribution in [0.4, 0.5) is 0 Å². The molecule has 0 spiro atoms. The summed E-state index contributed by atoms with van der Waals surface area (Å²) >= 11 is 7.32. The maximum atomic E-state index is 14.3. The predicted molar refractivity (Wildman–Crippen MR) is 212 cm³/mol. The van der Waals surface area contributed by atoms with E-state index < -0.39 is 0 Å². The molecular weight excluding hydrogens is 756 g/mol. The number of carbonyl (C=O) groups excluding carboxylic acids is 4. The summed E-state index contributed by atoms with van der Waals surface area (Å²) in [5.74, 6) is -0.894. The van der Waals surface area contributed by atoms with Crippen LogP contribution in [-0.2, 0) is 0 Å². The fourth-order valence-corrected chi connectivity index (χ4v) is 9.20. The molecule has 2 heterocycles. The molecule has 2 aromatic carbocycles. The van der Waals surface area contributed by atoms with Gasteiger partial charge in [0.05, 0.1) is 11.1 Å². The summed E-state index contributed by atoms with van der Waals surface area (Å²) in [4.78, 5) is 59.9. The lowest BCUT2D eigenvalue weighted by atomic mass is 9.84. The summed E-state index contributed by atoms with van der Waals surface area (Å²) < 4.78 is 0.996. The number of nitrogens with zero attached hydrogens (tertiary/aromatic N) is 2. The first-order chi connectivity index (χ1) is 24.2. The second kappa shape index (κ2) is 20.3. The SMILES string of the molecule is CCCCCCC(CCCCCC)CN1C(=O)c2cc(Br)c3c4c(cc(Br)c(c24)C1=O)C(=O)N(CC(CCCCCC)CCCCCC)C3=O. The molecule has 0 atom stereocenters. The van der Waals surface area contributed by atoms with Crippen molar-refractivity contribution in [3.63, 3.8) is 0 Å². The minimum atomic E-state index is -0.345. The zero-order valence-electron chi connectivity index (χ0n) is 31.1. The number of amides is 4. The molecule has 0 fully saturated rings. The molecule has 2 aliphatic rings. The monoisotopic (exact) mass is 814 g/mol. The summed E-state index contributed by atoms with van der Waals surface area (Å²) in [5.41, 5.74) is 1.51. The lowest BCUT2D eigenvalue weighted by Crippen LogP contribution is -2.46. The maximum absolute atomic E-state index is 14.3. The van der Waals surface area contributed by atoms with Gasteiger partial charge in [0.15, 0.2) is 0 Å². The molecule has 276 valence electrons. The summed E-state index contributed by atoms with van der Waals surface area (Å²) in [5, 5.41) is 0.858. The molecule has 4 rings (SSSR count). The number of hydrogen-bond acceptors (Lipinski definition) is 4. The molecule has 2 aliphatic heterocycles. The Morgan fingerprint density at radius 1 is 0.460 bits per heavy atom. The number of halogens is 2. The molecule has 0 N–H and O–H groups in total. The number of hydrogen-bond donors (Lipinski definition) is 0. The topological polar surface area (TPSA) is 74.8 Å². The zero-order valence-corrected chi connectivity index (χ0v) is 34.3. The highest BCUT2D eigenvalue weighted by Crippen LogP contribution is 2.44. The van der Waals surface area contributed by atoms with E-state index in [-0.39, 0.29) is 35.5 Å². The Hall–Kier alpha value is -2.06. The molecule has 6 nitrogen and oxygen atoms in total. The first kappa shape index (κ1) is 40.7. The van der Waals surface area contributed by atoms with Gasteiger partial charge in [-0.1, -0.05) is 130 Å². The van der Waals surface area contributed by atoms with Gasteiger partial charge in [-0.3, -0.25) is 29.0 Å². The van der Waals surface area contributed by atoms with Crippen LogP contribution in [0.1, 0.15) is 198 Å². The van der Waals surface area contributed by atoms with Crippen molar-refractivity contribution >= 4 is 66.3 Å². The number of rotatable bonds is 24. The third kappa shape index (κ3) is 9.67. The van der Waals surface area contributed by atoms with Crippen LogP contribution in [0, 0.1) is 11.8 Å². The van der Waals surface area contributed by atoms with Crippen molar-refractivity contribution in [2.45, 2.75) is 156 Å². The van der Waals surface area contributed by atoms with Gasteiger partial charge in [-0.2, -0.15) is 0 Å². The Bertz CT molecular complexity index is 1370. The molecule has 0 saturated carbocycles. The van der Waals surface area contributed by atoms with Gasteiger partial charge in [0.25, 0.3) is 23.6 Å². The fourth-order valence-electron chi connectivity index (χ4n) is 8.01. The first-order valence-electron chi connectivity index (χ1n) is 19.9. The van der Waals surface area contributed by atoms with Gasteiger partial charge >= 0.3 is 0 Å². The molecular formula is C42H60Br2N2O4. The molecule has 0 aromatic heterocycles. The quantitative estimate of drug-likeness (QED) is 0.0781. The summed E-state index contributed by atoms with van der Waals surface area (Å²) in [6.45, 7) is 9.59. The van der Waals surface area contributed by atoms with E-state index in [1.165, 1.54) is 61.2 Å². The van der Waals surface area contributed by atoms with Gasteiger partial charge in [-0.05, 0) is 81.5 Å². The van der Waals surface area contributed by atoms with E-state index in [4.69, 9.17) is 0 Å². The van der Waals surface area contributed by atoms with Crippen LogP contribution in [0.15, 0.2) is 21.1 Å². The van der Waals surface area contributed by atoms with Crippen LogP contribution in [0.5, 0.6) is 0 Å². The molecule has 0 bridgehead atoms.